The van der Waals surface area contributed by atoms with Gasteiger partial charge >= 0.3 is 11.9 Å². The molecule has 1 aliphatic heterocycles. The summed E-state index contributed by atoms with van der Waals surface area (Å²) in [5, 5.41) is 12.9. The Morgan fingerprint density at radius 1 is 1.03 bits per heavy atom. The first-order valence-electron chi connectivity index (χ1n) is 11.0. The molecule has 4 rings (SSSR count). The molecule has 2 N–H and O–H groups in total. The SMILES string of the molecule is CCOC(=O)[C@@H](N[C@@H](C)C(=O)N1c2ccccc2C[C@H]1C(=O)O)C1Cc2ccccc2C1. The van der Waals surface area contributed by atoms with Crippen molar-refractivity contribution in [3.05, 3.63) is 65.2 Å². The molecule has 0 unspecified atom stereocenters. The lowest BCUT2D eigenvalue weighted by atomic mass is 9.95. The van der Waals surface area contributed by atoms with Gasteiger partial charge in [0.1, 0.15) is 12.1 Å². The molecule has 0 fully saturated rings. The second-order valence-electron chi connectivity index (χ2n) is 8.45. The lowest BCUT2D eigenvalue weighted by Gasteiger charge is -2.30. The van der Waals surface area contributed by atoms with Crippen LogP contribution in [0.4, 0.5) is 5.69 Å². The Bertz CT molecular complexity index is 1010. The number of esters is 1. The normalized spacial score (nSPS) is 19.2. The predicted molar refractivity (Wildman–Crippen MR) is 119 cm³/mol. The van der Waals surface area contributed by atoms with E-state index in [2.05, 4.69) is 17.4 Å². The Morgan fingerprint density at radius 3 is 2.22 bits per heavy atom. The molecular weight excluding hydrogens is 408 g/mol. The van der Waals surface area contributed by atoms with Crippen LogP contribution >= 0.6 is 0 Å². The maximum absolute atomic E-state index is 13.4. The number of carbonyl (C=O) groups is 3. The highest BCUT2D eigenvalue weighted by atomic mass is 16.5. The fourth-order valence-corrected chi connectivity index (χ4v) is 4.86. The molecule has 32 heavy (non-hydrogen) atoms. The summed E-state index contributed by atoms with van der Waals surface area (Å²) in [6.07, 6.45) is 1.71. The van der Waals surface area contributed by atoms with E-state index in [1.165, 1.54) is 16.0 Å². The van der Waals surface area contributed by atoms with Crippen LogP contribution in [0.2, 0.25) is 0 Å². The fraction of sp³-hybridized carbons (Fsp3) is 0.400. The fourth-order valence-electron chi connectivity index (χ4n) is 4.86. The number of hydrogen-bond donors (Lipinski definition) is 2. The van der Waals surface area contributed by atoms with Gasteiger partial charge in [0.25, 0.3) is 0 Å². The lowest BCUT2D eigenvalue weighted by Crippen LogP contribution is -2.56. The number of fused-ring (bicyclic) bond motifs is 2. The van der Waals surface area contributed by atoms with Crippen LogP contribution in [-0.2, 0) is 38.4 Å². The summed E-state index contributed by atoms with van der Waals surface area (Å²) in [5.41, 5.74) is 3.84. The molecule has 7 heteroatoms. The third-order valence-corrected chi connectivity index (χ3v) is 6.39. The summed E-state index contributed by atoms with van der Waals surface area (Å²) in [5.74, 6) is -1.84. The smallest absolute Gasteiger partial charge is 0.327 e. The Balaban J connectivity index is 1.55. The molecule has 2 aromatic rings. The summed E-state index contributed by atoms with van der Waals surface area (Å²) in [4.78, 5) is 39.5. The van der Waals surface area contributed by atoms with E-state index < -0.39 is 24.1 Å². The number of carbonyl (C=O) groups excluding carboxylic acids is 2. The average molecular weight is 437 g/mol. The van der Waals surface area contributed by atoms with Crippen molar-refractivity contribution in [2.24, 2.45) is 5.92 Å². The summed E-state index contributed by atoms with van der Waals surface area (Å²) in [7, 11) is 0. The maximum Gasteiger partial charge on any atom is 0.327 e. The number of benzene rings is 2. The first-order chi connectivity index (χ1) is 15.4. The van der Waals surface area contributed by atoms with Gasteiger partial charge in [-0.05, 0) is 55.4 Å². The summed E-state index contributed by atoms with van der Waals surface area (Å²) in [6, 6.07) is 12.9. The average Bonchev–Trinajstić information content (AvgIpc) is 3.38. The van der Waals surface area contributed by atoms with Crippen molar-refractivity contribution in [2.45, 2.75) is 51.2 Å². The van der Waals surface area contributed by atoms with E-state index in [4.69, 9.17) is 4.74 Å². The van der Waals surface area contributed by atoms with Gasteiger partial charge in [-0.15, -0.1) is 0 Å². The molecule has 0 radical (unpaired) electrons. The molecule has 0 spiro atoms. The van der Waals surface area contributed by atoms with Gasteiger partial charge in [0.15, 0.2) is 0 Å². The van der Waals surface area contributed by atoms with Gasteiger partial charge in [0.05, 0.1) is 12.6 Å². The molecular formula is C25H28N2O5. The van der Waals surface area contributed by atoms with E-state index in [9.17, 15) is 19.5 Å². The van der Waals surface area contributed by atoms with Crippen molar-refractivity contribution in [1.82, 2.24) is 5.32 Å². The maximum atomic E-state index is 13.4. The van der Waals surface area contributed by atoms with Crippen molar-refractivity contribution in [3.8, 4) is 0 Å². The van der Waals surface area contributed by atoms with Crippen LogP contribution in [-0.4, -0.2) is 47.7 Å². The van der Waals surface area contributed by atoms with Crippen molar-refractivity contribution in [2.75, 3.05) is 11.5 Å². The summed E-state index contributed by atoms with van der Waals surface area (Å²) < 4.78 is 5.32. The number of nitrogens with zero attached hydrogens (tertiary/aromatic N) is 1. The molecule has 1 aliphatic carbocycles. The molecule has 168 valence electrons. The third kappa shape index (κ3) is 4.12. The van der Waals surface area contributed by atoms with E-state index in [-0.39, 0.29) is 30.8 Å². The van der Waals surface area contributed by atoms with Gasteiger partial charge in [-0.2, -0.15) is 0 Å². The van der Waals surface area contributed by atoms with E-state index in [0.29, 0.717) is 5.69 Å². The summed E-state index contributed by atoms with van der Waals surface area (Å²) >= 11 is 0. The van der Waals surface area contributed by atoms with Crippen LogP contribution in [0, 0.1) is 5.92 Å². The molecule has 2 aromatic carbocycles. The first kappa shape index (κ1) is 22.0. The van der Waals surface area contributed by atoms with Gasteiger partial charge in [-0.25, -0.2) is 4.79 Å². The lowest BCUT2D eigenvalue weighted by molar-refractivity contribution is -0.147. The minimum absolute atomic E-state index is 0.0390. The van der Waals surface area contributed by atoms with Crippen molar-refractivity contribution in [3.63, 3.8) is 0 Å². The van der Waals surface area contributed by atoms with Crippen LogP contribution in [0.3, 0.4) is 0 Å². The number of amides is 1. The van der Waals surface area contributed by atoms with Gasteiger partial charge in [0, 0.05) is 12.1 Å². The quantitative estimate of drug-likeness (QED) is 0.647. The zero-order chi connectivity index (χ0) is 22.8. The Hall–Kier alpha value is -3.19. The highest BCUT2D eigenvalue weighted by Gasteiger charge is 2.42. The number of carboxylic acids is 1. The number of hydrogen-bond acceptors (Lipinski definition) is 5. The van der Waals surface area contributed by atoms with Gasteiger partial charge in [-0.3, -0.25) is 19.8 Å². The van der Waals surface area contributed by atoms with Crippen LogP contribution in [0.15, 0.2) is 48.5 Å². The number of carboxylic acid groups (broad SMARTS) is 1. The summed E-state index contributed by atoms with van der Waals surface area (Å²) in [6.45, 7) is 3.68. The van der Waals surface area contributed by atoms with Crippen LogP contribution in [0.5, 0.6) is 0 Å². The topological polar surface area (TPSA) is 95.9 Å². The molecule has 0 aromatic heterocycles. The van der Waals surface area contributed by atoms with Crippen LogP contribution in [0.1, 0.15) is 30.5 Å². The minimum atomic E-state index is -1.05. The molecule has 3 atom stereocenters. The van der Waals surface area contributed by atoms with E-state index >= 15 is 0 Å². The van der Waals surface area contributed by atoms with Gasteiger partial charge < -0.3 is 9.84 Å². The number of anilines is 1. The second-order valence-corrected chi connectivity index (χ2v) is 8.45. The Labute approximate surface area is 187 Å². The monoisotopic (exact) mass is 436 g/mol. The number of para-hydroxylation sites is 1. The zero-order valence-electron chi connectivity index (χ0n) is 18.3. The Morgan fingerprint density at radius 2 is 1.62 bits per heavy atom. The van der Waals surface area contributed by atoms with Crippen molar-refractivity contribution < 1.29 is 24.2 Å². The van der Waals surface area contributed by atoms with E-state index in [1.54, 1.807) is 26.0 Å². The molecule has 0 saturated heterocycles. The van der Waals surface area contributed by atoms with Gasteiger partial charge in [-0.1, -0.05) is 42.5 Å². The number of rotatable bonds is 7. The number of nitrogens with one attached hydrogen (secondary N) is 1. The minimum Gasteiger partial charge on any atom is -0.480 e. The van der Waals surface area contributed by atoms with Crippen LogP contribution < -0.4 is 10.2 Å². The highest BCUT2D eigenvalue weighted by molar-refractivity contribution is 6.04. The number of ether oxygens (including phenoxy) is 1. The first-order valence-corrected chi connectivity index (χ1v) is 11.0. The zero-order valence-corrected chi connectivity index (χ0v) is 18.3. The molecule has 0 bridgehead atoms. The highest BCUT2D eigenvalue weighted by Crippen LogP contribution is 2.33. The third-order valence-electron chi connectivity index (χ3n) is 6.39. The molecule has 7 nitrogen and oxygen atoms in total. The standard InChI is InChI=1S/C25H28N2O5/c1-3-32-25(31)22(19-12-16-8-4-5-9-17(16)13-19)26-15(2)23(28)27-20-11-7-6-10-18(20)14-21(27)24(29)30/h4-11,15,19,21-22,26H,3,12-14H2,1-2H3,(H,29,30)/t15-,21-,22-/m0/s1. The largest absolute Gasteiger partial charge is 0.480 e. The van der Waals surface area contributed by atoms with E-state index in [0.717, 1.165) is 18.4 Å². The predicted octanol–water partition coefficient (Wildman–Crippen LogP) is 2.35. The molecule has 2 aliphatic rings. The van der Waals surface area contributed by atoms with Crippen LogP contribution in [0.25, 0.3) is 0 Å². The molecule has 1 amide bonds. The van der Waals surface area contributed by atoms with E-state index in [1.807, 2.05) is 24.3 Å². The number of aliphatic carboxylic acids is 1. The van der Waals surface area contributed by atoms with Gasteiger partial charge in [0.2, 0.25) is 5.91 Å². The van der Waals surface area contributed by atoms with Crippen molar-refractivity contribution >= 4 is 23.5 Å². The molecule has 1 heterocycles. The molecule has 0 saturated carbocycles. The second kappa shape index (κ2) is 9.12. The Kier molecular flexibility index (Phi) is 6.28. The van der Waals surface area contributed by atoms with Crippen molar-refractivity contribution in [1.29, 1.82) is 0 Å².